The van der Waals surface area contributed by atoms with Crippen molar-refractivity contribution in [2.45, 2.75) is 30.8 Å². The lowest BCUT2D eigenvalue weighted by atomic mass is 9.94. The molecule has 6 heteroatoms. The first-order chi connectivity index (χ1) is 12.1. The van der Waals surface area contributed by atoms with Gasteiger partial charge in [-0.3, -0.25) is 9.78 Å². The number of benzene rings is 1. The minimum absolute atomic E-state index is 0.0559. The summed E-state index contributed by atoms with van der Waals surface area (Å²) in [7, 11) is 0. The van der Waals surface area contributed by atoms with Crippen molar-refractivity contribution in [1.82, 2.24) is 9.88 Å². The third-order valence-electron chi connectivity index (χ3n) is 5.02. The van der Waals surface area contributed by atoms with E-state index in [9.17, 15) is 13.6 Å². The molecule has 130 valence electrons. The highest BCUT2D eigenvalue weighted by molar-refractivity contribution is 5.91. The van der Waals surface area contributed by atoms with Crippen molar-refractivity contribution in [3.8, 4) is 5.75 Å². The van der Waals surface area contributed by atoms with Crippen LogP contribution < -0.4 is 4.74 Å². The molecule has 4 rings (SSSR count). The zero-order valence-electron chi connectivity index (χ0n) is 13.6. The second-order valence-corrected chi connectivity index (χ2v) is 6.67. The van der Waals surface area contributed by atoms with Gasteiger partial charge in [-0.05, 0) is 30.5 Å². The molecule has 0 N–H and O–H groups in total. The van der Waals surface area contributed by atoms with Crippen LogP contribution in [0.2, 0.25) is 0 Å². The van der Waals surface area contributed by atoms with Gasteiger partial charge in [0.2, 0.25) is 5.91 Å². The molecule has 4 nitrogen and oxygen atoms in total. The van der Waals surface area contributed by atoms with Crippen LogP contribution >= 0.6 is 0 Å². The van der Waals surface area contributed by atoms with E-state index in [-0.39, 0.29) is 23.6 Å². The van der Waals surface area contributed by atoms with Gasteiger partial charge in [0.05, 0.1) is 18.2 Å². The minimum atomic E-state index is -0.523. The van der Waals surface area contributed by atoms with Gasteiger partial charge in [0.15, 0.2) is 11.6 Å². The van der Waals surface area contributed by atoms with Gasteiger partial charge in [0.25, 0.3) is 0 Å². The van der Waals surface area contributed by atoms with Crippen molar-refractivity contribution >= 4 is 5.91 Å². The maximum Gasteiger partial charge on any atom is 0.233 e. The first-order valence-electron chi connectivity index (χ1n) is 8.40. The quantitative estimate of drug-likeness (QED) is 0.856. The minimum Gasteiger partial charge on any atom is -0.485 e. The Morgan fingerprint density at radius 2 is 1.96 bits per heavy atom. The van der Waals surface area contributed by atoms with Crippen molar-refractivity contribution in [3.63, 3.8) is 0 Å². The molecule has 2 fully saturated rings. The van der Waals surface area contributed by atoms with Crippen molar-refractivity contribution in [2.24, 2.45) is 0 Å². The second-order valence-electron chi connectivity index (χ2n) is 6.67. The summed E-state index contributed by atoms with van der Waals surface area (Å²) in [4.78, 5) is 18.4. The van der Waals surface area contributed by atoms with Crippen molar-refractivity contribution in [2.75, 3.05) is 13.1 Å². The molecular formula is C19H18F2N2O2. The fraction of sp³-hybridized carbons (Fsp3) is 0.368. The Balaban J connectivity index is 1.44. The van der Waals surface area contributed by atoms with Crippen LogP contribution in [0, 0.1) is 11.6 Å². The fourth-order valence-corrected chi connectivity index (χ4v) is 3.47. The molecule has 1 aliphatic heterocycles. The van der Waals surface area contributed by atoms with Crippen LogP contribution in [-0.2, 0) is 10.2 Å². The van der Waals surface area contributed by atoms with Crippen molar-refractivity contribution in [3.05, 3.63) is 59.9 Å². The summed E-state index contributed by atoms with van der Waals surface area (Å²) in [5, 5.41) is 0. The molecule has 2 heterocycles. The van der Waals surface area contributed by atoms with E-state index in [0.29, 0.717) is 19.5 Å². The van der Waals surface area contributed by atoms with Gasteiger partial charge in [-0.15, -0.1) is 0 Å². The standard InChI is InChI=1S/C19H18F2N2O2/c20-14-3-1-13(2-4-14)19(7-8-19)18(24)23-10-6-15(12-23)25-17-5-9-22-11-16(17)21/h1-5,9,11,15H,6-8,10,12H2. The Bertz CT molecular complexity index is 790. The molecule has 0 radical (unpaired) electrons. The smallest absolute Gasteiger partial charge is 0.233 e. The van der Waals surface area contributed by atoms with E-state index in [1.165, 1.54) is 24.4 Å². The molecule has 1 atom stereocenters. The van der Waals surface area contributed by atoms with E-state index in [4.69, 9.17) is 4.74 Å². The highest BCUT2D eigenvalue weighted by Crippen LogP contribution is 2.50. The predicted molar refractivity (Wildman–Crippen MR) is 87.1 cm³/mol. The molecule has 2 aromatic rings. The lowest BCUT2D eigenvalue weighted by molar-refractivity contribution is -0.133. The summed E-state index contributed by atoms with van der Waals surface area (Å²) in [5.41, 5.74) is 0.341. The number of nitrogens with zero attached hydrogens (tertiary/aromatic N) is 2. The number of pyridine rings is 1. The third kappa shape index (κ3) is 2.97. The van der Waals surface area contributed by atoms with E-state index < -0.39 is 11.2 Å². The molecule has 1 aliphatic carbocycles. The monoisotopic (exact) mass is 344 g/mol. The van der Waals surface area contributed by atoms with Gasteiger partial charge >= 0.3 is 0 Å². The Hall–Kier alpha value is -2.50. The predicted octanol–water partition coefficient (Wildman–Crippen LogP) is 3.07. The number of likely N-dealkylation sites (tertiary alicyclic amines) is 1. The molecule has 1 aromatic heterocycles. The maximum atomic E-state index is 13.7. The largest absolute Gasteiger partial charge is 0.485 e. The average Bonchev–Trinajstić information content (AvgIpc) is 3.30. The zero-order chi connectivity index (χ0) is 17.4. The average molecular weight is 344 g/mol. The van der Waals surface area contributed by atoms with Crippen LogP contribution in [-0.4, -0.2) is 35.0 Å². The van der Waals surface area contributed by atoms with E-state index in [0.717, 1.165) is 24.6 Å². The van der Waals surface area contributed by atoms with Crippen LogP contribution in [0.5, 0.6) is 5.75 Å². The Labute approximate surface area is 144 Å². The molecule has 1 unspecified atom stereocenters. The molecule has 1 saturated carbocycles. The van der Waals surface area contributed by atoms with E-state index in [2.05, 4.69) is 4.98 Å². The summed E-state index contributed by atoms with van der Waals surface area (Å²) in [6.07, 6.45) is 4.57. The number of hydrogen-bond donors (Lipinski definition) is 0. The normalized spacial score (nSPS) is 21.2. The molecule has 1 amide bonds. The number of amides is 1. The fourth-order valence-electron chi connectivity index (χ4n) is 3.47. The van der Waals surface area contributed by atoms with E-state index in [1.807, 2.05) is 0 Å². The summed E-state index contributed by atoms with van der Waals surface area (Å²) in [6, 6.07) is 7.66. The topological polar surface area (TPSA) is 42.4 Å². The van der Waals surface area contributed by atoms with E-state index >= 15 is 0 Å². The van der Waals surface area contributed by atoms with Crippen LogP contribution in [0.4, 0.5) is 8.78 Å². The Kier molecular flexibility index (Phi) is 3.90. The van der Waals surface area contributed by atoms with Crippen LogP contribution in [0.3, 0.4) is 0 Å². The van der Waals surface area contributed by atoms with Gasteiger partial charge in [0, 0.05) is 25.2 Å². The SMILES string of the molecule is O=C(N1CCC(Oc2ccncc2F)C1)C1(c2ccc(F)cc2)CC1. The molecule has 2 aliphatic rings. The molecular weight excluding hydrogens is 326 g/mol. The Morgan fingerprint density at radius 1 is 1.20 bits per heavy atom. The summed E-state index contributed by atoms with van der Waals surface area (Å²) < 4.78 is 32.5. The van der Waals surface area contributed by atoms with Gasteiger partial charge in [-0.2, -0.15) is 0 Å². The highest BCUT2D eigenvalue weighted by atomic mass is 19.1. The number of hydrogen-bond acceptors (Lipinski definition) is 3. The van der Waals surface area contributed by atoms with Crippen molar-refractivity contribution in [1.29, 1.82) is 0 Å². The lowest BCUT2D eigenvalue weighted by Gasteiger charge is -2.23. The summed E-state index contributed by atoms with van der Waals surface area (Å²) >= 11 is 0. The number of carbonyl (C=O) groups excluding carboxylic acids is 1. The zero-order valence-corrected chi connectivity index (χ0v) is 13.6. The Morgan fingerprint density at radius 3 is 2.64 bits per heavy atom. The molecule has 0 bridgehead atoms. The number of carbonyl (C=O) groups is 1. The second kappa shape index (κ2) is 6.10. The molecule has 1 aromatic carbocycles. The number of halogens is 2. The highest BCUT2D eigenvalue weighted by Gasteiger charge is 2.53. The van der Waals surface area contributed by atoms with Crippen molar-refractivity contribution < 1.29 is 18.3 Å². The van der Waals surface area contributed by atoms with Gasteiger partial charge < -0.3 is 9.64 Å². The number of ether oxygens (including phenoxy) is 1. The first-order valence-corrected chi connectivity index (χ1v) is 8.40. The summed E-state index contributed by atoms with van der Waals surface area (Å²) in [5.74, 6) is -0.590. The van der Waals surface area contributed by atoms with Gasteiger partial charge in [-0.25, -0.2) is 8.78 Å². The molecule has 25 heavy (non-hydrogen) atoms. The van der Waals surface area contributed by atoms with Crippen LogP contribution in [0.25, 0.3) is 0 Å². The van der Waals surface area contributed by atoms with Gasteiger partial charge in [-0.1, -0.05) is 12.1 Å². The van der Waals surface area contributed by atoms with E-state index in [1.54, 1.807) is 17.0 Å². The lowest BCUT2D eigenvalue weighted by Crippen LogP contribution is -2.38. The van der Waals surface area contributed by atoms with Crippen LogP contribution in [0.1, 0.15) is 24.8 Å². The molecule has 1 saturated heterocycles. The van der Waals surface area contributed by atoms with Crippen LogP contribution in [0.15, 0.2) is 42.7 Å². The number of rotatable bonds is 4. The molecule has 0 spiro atoms. The number of aromatic nitrogens is 1. The third-order valence-corrected chi connectivity index (χ3v) is 5.02. The van der Waals surface area contributed by atoms with Gasteiger partial charge in [0.1, 0.15) is 11.9 Å². The first kappa shape index (κ1) is 16.0. The summed E-state index contributed by atoms with van der Waals surface area (Å²) in [6.45, 7) is 1.02. The maximum absolute atomic E-state index is 13.7.